The Morgan fingerprint density at radius 2 is 2.15 bits per heavy atom. The van der Waals surface area contributed by atoms with E-state index in [1.54, 1.807) is 0 Å². The molecule has 6 nitrogen and oxygen atoms in total. The summed E-state index contributed by atoms with van der Waals surface area (Å²) in [6, 6.07) is 3.84. The third kappa shape index (κ3) is 3.49. The topological polar surface area (TPSA) is 109 Å². The molecule has 1 aliphatic rings. The minimum atomic E-state index is -3.90. The van der Waals surface area contributed by atoms with Crippen molar-refractivity contribution >= 4 is 21.7 Å². The number of carboxylic acids is 1. The molecular weight excluding hydrogens is 280 g/mol. The van der Waals surface area contributed by atoms with Crippen molar-refractivity contribution in [1.29, 1.82) is 0 Å². The highest BCUT2D eigenvalue weighted by Gasteiger charge is 2.27. The zero-order valence-electron chi connectivity index (χ0n) is 11.2. The number of carboxylic acid groups (broad SMARTS) is 1. The summed E-state index contributed by atoms with van der Waals surface area (Å²) in [4.78, 5) is 11.0. The summed E-state index contributed by atoms with van der Waals surface area (Å²) in [6.07, 6.45) is 2.44. The Morgan fingerprint density at radius 1 is 1.50 bits per heavy atom. The maximum atomic E-state index is 11.2. The molecule has 1 aliphatic carbocycles. The molecule has 7 heteroatoms. The van der Waals surface area contributed by atoms with E-state index in [4.69, 9.17) is 10.2 Å². The molecule has 0 saturated heterocycles. The van der Waals surface area contributed by atoms with Gasteiger partial charge < -0.3 is 10.4 Å². The SMILES string of the molecule is CC(CNc1ccc(S(N)(=O)=O)cc1C(=O)O)C1CC1. The Balaban J connectivity index is 2.21. The quantitative estimate of drug-likeness (QED) is 0.737. The van der Waals surface area contributed by atoms with E-state index in [-0.39, 0.29) is 10.5 Å². The molecule has 110 valence electrons. The van der Waals surface area contributed by atoms with Crippen molar-refractivity contribution in [2.75, 3.05) is 11.9 Å². The van der Waals surface area contributed by atoms with E-state index in [0.717, 1.165) is 6.07 Å². The number of rotatable bonds is 6. The molecule has 0 radical (unpaired) electrons. The molecule has 1 aromatic rings. The van der Waals surface area contributed by atoms with Gasteiger partial charge in [0.15, 0.2) is 0 Å². The van der Waals surface area contributed by atoms with E-state index >= 15 is 0 Å². The minimum Gasteiger partial charge on any atom is -0.478 e. The van der Waals surface area contributed by atoms with Crippen molar-refractivity contribution in [3.8, 4) is 0 Å². The van der Waals surface area contributed by atoms with E-state index < -0.39 is 16.0 Å². The molecule has 1 aromatic carbocycles. The lowest BCUT2D eigenvalue weighted by Gasteiger charge is -2.15. The molecule has 0 aliphatic heterocycles. The Bertz CT molecular complexity index is 623. The summed E-state index contributed by atoms with van der Waals surface area (Å²) < 4.78 is 22.5. The molecule has 4 N–H and O–H groups in total. The predicted octanol–water partition coefficient (Wildman–Crippen LogP) is 1.49. The van der Waals surface area contributed by atoms with Crippen LogP contribution in [0.5, 0.6) is 0 Å². The Morgan fingerprint density at radius 3 is 2.65 bits per heavy atom. The normalized spacial score (nSPS) is 16.7. The second-order valence-electron chi connectivity index (χ2n) is 5.25. The van der Waals surface area contributed by atoms with E-state index in [2.05, 4.69) is 12.2 Å². The number of sulfonamides is 1. The molecule has 0 spiro atoms. The van der Waals surface area contributed by atoms with Crippen molar-refractivity contribution in [1.82, 2.24) is 0 Å². The zero-order valence-corrected chi connectivity index (χ0v) is 12.0. The standard InChI is InChI=1S/C13H18N2O4S/c1-8(9-2-3-9)7-15-12-5-4-10(20(14,18)19)6-11(12)13(16)17/h4-6,8-9,15H,2-3,7H2,1H3,(H,16,17)(H2,14,18,19). The highest BCUT2D eigenvalue weighted by molar-refractivity contribution is 7.89. The molecule has 2 rings (SSSR count). The molecule has 1 atom stereocenters. The van der Waals surface area contributed by atoms with E-state index in [1.165, 1.54) is 25.0 Å². The molecule has 0 amide bonds. The average Bonchev–Trinajstić information content (AvgIpc) is 3.18. The van der Waals surface area contributed by atoms with Gasteiger partial charge in [-0.15, -0.1) is 0 Å². The van der Waals surface area contributed by atoms with Crippen LogP contribution in [0, 0.1) is 11.8 Å². The van der Waals surface area contributed by atoms with Crippen LogP contribution in [0.4, 0.5) is 5.69 Å². The monoisotopic (exact) mass is 298 g/mol. The van der Waals surface area contributed by atoms with Crippen LogP contribution < -0.4 is 10.5 Å². The molecular formula is C13H18N2O4S. The fourth-order valence-corrected chi connectivity index (χ4v) is 2.67. The smallest absolute Gasteiger partial charge is 0.337 e. The average molecular weight is 298 g/mol. The summed E-state index contributed by atoms with van der Waals surface area (Å²) in [5.74, 6) is -0.00823. The lowest BCUT2D eigenvalue weighted by atomic mass is 10.1. The zero-order chi connectivity index (χ0) is 14.9. The Kier molecular flexibility index (Phi) is 4.01. The third-order valence-corrected chi connectivity index (χ3v) is 4.50. The van der Waals surface area contributed by atoms with Gasteiger partial charge in [0.25, 0.3) is 0 Å². The summed E-state index contributed by atoms with van der Waals surface area (Å²) in [6.45, 7) is 2.78. The largest absolute Gasteiger partial charge is 0.478 e. The number of anilines is 1. The van der Waals surface area contributed by atoms with Gasteiger partial charge in [0.05, 0.1) is 10.5 Å². The van der Waals surface area contributed by atoms with Crippen LogP contribution in [0.2, 0.25) is 0 Å². The number of hydrogen-bond donors (Lipinski definition) is 3. The first kappa shape index (κ1) is 14.8. The van der Waals surface area contributed by atoms with Crippen LogP contribution in [0.3, 0.4) is 0 Å². The second-order valence-corrected chi connectivity index (χ2v) is 6.81. The number of benzene rings is 1. The number of hydrogen-bond acceptors (Lipinski definition) is 4. The number of carbonyl (C=O) groups is 1. The van der Waals surface area contributed by atoms with Crippen molar-refractivity contribution in [2.45, 2.75) is 24.7 Å². The number of nitrogens with two attached hydrogens (primary N) is 1. The van der Waals surface area contributed by atoms with E-state index in [0.29, 0.717) is 24.1 Å². The van der Waals surface area contributed by atoms with Crippen molar-refractivity contribution < 1.29 is 18.3 Å². The molecule has 0 aromatic heterocycles. The first-order valence-corrected chi connectivity index (χ1v) is 7.97. The Hall–Kier alpha value is -1.60. The van der Waals surface area contributed by atoms with Gasteiger partial charge in [0, 0.05) is 12.2 Å². The molecule has 1 unspecified atom stereocenters. The van der Waals surface area contributed by atoms with Gasteiger partial charge in [-0.25, -0.2) is 18.4 Å². The maximum absolute atomic E-state index is 11.2. The predicted molar refractivity (Wildman–Crippen MR) is 75.2 cm³/mol. The third-order valence-electron chi connectivity index (χ3n) is 3.59. The highest BCUT2D eigenvalue weighted by Crippen LogP contribution is 2.36. The fourth-order valence-electron chi connectivity index (χ4n) is 2.13. The number of nitrogens with one attached hydrogen (secondary N) is 1. The van der Waals surface area contributed by atoms with Crippen molar-refractivity contribution in [3.05, 3.63) is 23.8 Å². The summed E-state index contributed by atoms with van der Waals surface area (Å²) in [7, 11) is -3.90. The van der Waals surface area contributed by atoms with Crippen LogP contribution in [0.25, 0.3) is 0 Å². The van der Waals surface area contributed by atoms with Crippen molar-refractivity contribution in [2.24, 2.45) is 17.0 Å². The van der Waals surface area contributed by atoms with Crippen LogP contribution in [0.1, 0.15) is 30.1 Å². The van der Waals surface area contributed by atoms with Gasteiger partial charge in [-0.1, -0.05) is 6.92 Å². The molecule has 20 heavy (non-hydrogen) atoms. The first-order valence-electron chi connectivity index (χ1n) is 6.43. The fraction of sp³-hybridized carbons (Fsp3) is 0.462. The number of aromatic carboxylic acids is 1. The maximum Gasteiger partial charge on any atom is 0.337 e. The second kappa shape index (κ2) is 5.41. The molecule has 0 heterocycles. The highest BCUT2D eigenvalue weighted by atomic mass is 32.2. The lowest BCUT2D eigenvalue weighted by molar-refractivity contribution is 0.0697. The first-order chi connectivity index (χ1) is 9.29. The lowest BCUT2D eigenvalue weighted by Crippen LogP contribution is -2.17. The molecule has 0 bridgehead atoms. The van der Waals surface area contributed by atoms with Crippen LogP contribution in [0.15, 0.2) is 23.1 Å². The van der Waals surface area contributed by atoms with Gasteiger partial charge in [-0.2, -0.15) is 0 Å². The van der Waals surface area contributed by atoms with Crippen molar-refractivity contribution in [3.63, 3.8) is 0 Å². The summed E-state index contributed by atoms with van der Waals surface area (Å²) in [5, 5.41) is 17.2. The van der Waals surface area contributed by atoms with Crippen LogP contribution in [-0.2, 0) is 10.0 Å². The summed E-state index contributed by atoms with van der Waals surface area (Å²) >= 11 is 0. The van der Waals surface area contributed by atoms with E-state index in [9.17, 15) is 13.2 Å². The Labute approximate surface area is 118 Å². The van der Waals surface area contributed by atoms with Gasteiger partial charge in [0.2, 0.25) is 10.0 Å². The molecule has 1 fully saturated rings. The van der Waals surface area contributed by atoms with Gasteiger partial charge in [-0.3, -0.25) is 0 Å². The van der Waals surface area contributed by atoms with Gasteiger partial charge in [-0.05, 0) is 42.9 Å². The van der Waals surface area contributed by atoms with Crippen LogP contribution >= 0.6 is 0 Å². The number of primary sulfonamides is 1. The van der Waals surface area contributed by atoms with Crippen LogP contribution in [-0.4, -0.2) is 26.0 Å². The van der Waals surface area contributed by atoms with Gasteiger partial charge >= 0.3 is 5.97 Å². The summed E-state index contributed by atoms with van der Waals surface area (Å²) in [5.41, 5.74) is 0.330. The molecule has 1 saturated carbocycles. The minimum absolute atomic E-state index is 0.0838. The van der Waals surface area contributed by atoms with Gasteiger partial charge in [0.1, 0.15) is 0 Å². The van der Waals surface area contributed by atoms with E-state index in [1.807, 2.05) is 0 Å².